The first-order valence-electron chi connectivity index (χ1n) is 6.23. The third-order valence-electron chi connectivity index (χ3n) is 2.56. The molecule has 0 radical (unpaired) electrons. The molecule has 21 heavy (non-hydrogen) atoms. The molecule has 0 saturated carbocycles. The fraction of sp³-hybridized carbons (Fsp3) is 0.231. The zero-order chi connectivity index (χ0) is 15.2. The summed E-state index contributed by atoms with van der Waals surface area (Å²) in [6, 6.07) is 5.33. The van der Waals surface area contributed by atoms with Crippen molar-refractivity contribution in [2.75, 3.05) is 18.1 Å². The molecule has 0 aliphatic heterocycles. The number of carbonyl (C=O) groups is 1. The van der Waals surface area contributed by atoms with E-state index in [0.717, 1.165) is 4.90 Å². The maximum absolute atomic E-state index is 12.0. The van der Waals surface area contributed by atoms with Crippen LogP contribution in [0.3, 0.4) is 0 Å². The van der Waals surface area contributed by atoms with Crippen LogP contribution in [0.5, 0.6) is 0 Å². The highest BCUT2D eigenvalue weighted by molar-refractivity contribution is 7.98. The highest BCUT2D eigenvalue weighted by Crippen LogP contribution is 2.27. The fourth-order valence-electron chi connectivity index (χ4n) is 1.65. The summed E-state index contributed by atoms with van der Waals surface area (Å²) < 4.78 is 0. The molecule has 2 heterocycles. The summed E-state index contributed by atoms with van der Waals surface area (Å²) in [7, 11) is 0. The SMILES string of the molecule is CCNC(=O)c1nnc(Cl)cc1Nc1ncccc1SC. The van der Waals surface area contributed by atoms with Crippen molar-refractivity contribution >= 4 is 40.8 Å². The van der Waals surface area contributed by atoms with Crippen molar-refractivity contribution in [3.8, 4) is 0 Å². The minimum Gasteiger partial charge on any atom is -0.351 e. The summed E-state index contributed by atoms with van der Waals surface area (Å²) in [4.78, 5) is 17.2. The zero-order valence-electron chi connectivity index (χ0n) is 11.6. The predicted octanol–water partition coefficient (Wildman–Crippen LogP) is 2.74. The molecule has 0 aliphatic rings. The largest absolute Gasteiger partial charge is 0.351 e. The Bertz CT molecular complexity index is 652. The molecular formula is C13H14ClN5OS. The predicted molar refractivity (Wildman–Crippen MR) is 84.3 cm³/mol. The molecule has 0 bridgehead atoms. The number of hydrogen-bond acceptors (Lipinski definition) is 6. The van der Waals surface area contributed by atoms with Gasteiger partial charge in [-0.15, -0.1) is 22.0 Å². The van der Waals surface area contributed by atoms with Crippen LogP contribution in [0.2, 0.25) is 5.15 Å². The summed E-state index contributed by atoms with van der Waals surface area (Å²) >= 11 is 7.42. The van der Waals surface area contributed by atoms with Crippen molar-refractivity contribution in [3.05, 3.63) is 35.2 Å². The van der Waals surface area contributed by atoms with Crippen LogP contribution in [0.4, 0.5) is 11.5 Å². The number of amides is 1. The number of pyridine rings is 1. The Labute approximate surface area is 131 Å². The highest BCUT2D eigenvalue weighted by Gasteiger charge is 2.16. The number of rotatable bonds is 5. The standard InChI is InChI=1S/C13H14ClN5OS/c1-3-15-13(20)11-8(7-10(14)18-19-11)17-12-9(21-2)5-4-6-16-12/h4-7H,3H2,1-2H3,(H,15,20)(H,16,17,18). The lowest BCUT2D eigenvalue weighted by Crippen LogP contribution is -2.25. The van der Waals surface area contributed by atoms with Gasteiger partial charge in [0.15, 0.2) is 10.8 Å². The van der Waals surface area contributed by atoms with Crippen molar-refractivity contribution in [1.29, 1.82) is 0 Å². The molecule has 110 valence electrons. The molecule has 0 aromatic carbocycles. The monoisotopic (exact) mass is 323 g/mol. The van der Waals surface area contributed by atoms with Crippen molar-refractivity contribution in [1.82, 2.24) is 20.5 Å². The molecule has 2 aromatic rings. The van der Waals surface area contributed by atoms with Crippen molar-refractivity contribution in [2.45, 2.75) is 11.8 Å². The molecule has 2 aromatic heterocycles. The smallest absolute Gasteiger partial charge is 0.273 e. The Hall–Kier alpha value is -1.86. The van der Waals surface area contributed by atoms with Crippen LogP contribution in [0.1, 0.15) is 17.4 Å². The van der Waals surface area contributed by atoms with E-state index in [9.17, 15) is 4.79 Å². The first kappa shape index (κ1) is 15.5. The van der Waals surface area contributed by atoms with Gasteiger partial charge in [0.25, 0.3) is 5.91 Å². The van der Waals surface area contributed by atoms with Gasteiger partial charge in [0.05, 0.1) is 5.69 Å². The van der Waals surface area contributed by atoms with Gasteiger partial charge in [-0.25, -0.2) is 4.98 Å². The van der Waals surface area contributed by atoms with Crippen molar-refractivity contribution in [3.63, 3.8) is 0 Å². The second kappa shape index (κ2) is 7.24. The lowest BCUT2D eigenvalue weighted by Gasteiger charge is -2.12. The molecule has 2 rings (SSSR count). The topological polar surface area (TPSA) is 79.8 Å². The fourth-order valence-corrected chi connectivity index (χ4v) is 2.31. The Kier molecular flexibility index (Phi) is 5.35. The van der Waals surface area contributed by atoms with E-state index in [1.54, 1.807) is 24.0 Å². The van der Waals surface area contributed by atoms with Gasteiger partial charge in [-0.3, -0.25) is 4.79 Å². The quantitative estimate of drug-likeness (QED) is 0.824. The third-order valence-corrected chi connectivity index (χ3v) is 3.51. The summed E-state index contributed by atoms with van der Waals surface area (Å²) in [5.41, 5.74) is 0.647. The first-order chi connectivity index (χ1) is 10.2. The van der Waals surface area contributed by atoms with Gasteiger partial charge in [-0.2, -0.15) is 0 Å². The zero-order valence-corrected chi connectivity index (χ0v) is 13.1. The van der Waals surface area contributed by atoms with E-state index in [1.807, 2.05) is 25.3 Å². The van der Waals surface area contributed by atoms with E-state index in [4.69, 9.17) is 11.6 Å². The number of thioether (sulfide) groups is 1. The number of carbonyl (C=O) groups excluding carboxylic acids is 1. The number of nitrogens with zero attached hydrogens (tertiary/aromatic N) is 3. The molecule has 8 heteroatoms. The number of aromatic nitrogens is 3. The van der Waals surface area contributed by atoms with Crippen LogP contribution in [0, 0.1) is 0 Å². The van der Waals surface area contributed by atoms with E-state index in [-0.39, 0.29) is 16.8 Å². The van der Waals surface area contributed by atoms with E-state index in [1.165, 1.54) is 0 Å². The minimum atomic E-state index is -0.314. The van der Waals surface area contributed by atoms with Crippen LogP contribution < -0.4 is 10.6 Å². The molecule has 6 nitrogen and oxygen atoms in total. The summed E-state index contributed by atoms with van der Waals surface area (Å²) in [6.45, 7) is 2.33. The van der Waals surface area contributed by atoms with Crippen LogP contribution in [-0.4, -0.2) is 33.9 Å². The number of anilines is 2. The molecule has 0 atom stereocenters. The Morgan fingerprint density at radius 1 is 1.43 bits per heavy atom. The molecular weight excluding hydrogens is 310 g/mol. The summed E-state index contributed by atoms with van der Waals surface area (Å²) in [5, 5.41) is 13.6. The van der Waals surface area contributed by atoms with Crippen molar-refractivity contribution in [2.24, 2.45) is 0 Å². The molecule has 0 fully saturated rings. The number of hydrogen-bond donors (Lipinski definition) is 2. The number of halogens is 1. The lowest BCUT2D eigenvalue weighted by molar-refractivity contribution is 0.0951. The van der Waals surface area contributed by atoms with Gasteiger partial charge in [0.1, 0.15) is 5.82 Å². The normalized spacial score (nSPS) is 10.2. The number of nitrogens with one attached hydrogen (secondary N) is 2. The van der Waals surface area contributed by atoms with Crippen molar-refractivity contribution < 1.29 is 4.79 Å². The molecule has 1 amide bonds. The average Bonchev–Trinajstić information content (AvgIpc) is 2.48. The van der Waals surface area contributed by atoms with Crippen LogP contribution in [-0.2, 0) is 0 Å². The van der Waals surface area contributed by atoms with E-state index in [2.05, 4.69) is 25.8 Å². The minimum absolute atomic E-state index is 0.180. The van der Waals surface area contributed by atoms with Gasteiger partial charge in [-0.1, -0.05) is 11.6 Å². The Morgan fingerprint density at radius 3 is 2.95 bits per heavy atom. The average molecular weight is 324 g/mol. The van der Waals surface area contributed by atoms with Gasteiger partial charge in [0, 0.05) is 23.7 Å². The third kappa shape index (κ3) is 3.83. The maximum Gasteiger partial charge on any atom is 0.273 e. The van der Waals surface area contributed by atoms with Crippen LogP contribution in [0.25, 0.3) is 0 Å². The van der Waals surface area contributed by atoms with Crippen LogP contribution in [0.15, 0.2) is 29.3 Å². The maximum atomic E-state index is 12.0. The molecule has 0 aliphatic carbocycles. The van der Waals surface area contributed by atoms with E-state index < -0.39 is 0 Å². The summed E-state index contributed by atoms with van der Waals surface area (Å²) in [6.07, 6.45) is 3.62. The van der Waals surface area contributed by atoms with E-state index >= 15 is 0 Å². The molecule has 2 N–H and O–H groups in total. The first-order valence-corrected chi connectivity index (χ1v) is 7.83. The molecule has 0 spiro atoms. The molecule has 0 unspecified atom stereocenters. The lowest BCUT2D eigenvalue weighted by atomic mass is 10.3. The second-order valence-electron chi connectivity index (χ2n) is 3.97. The van der Waals surface area contributed by atoms with E-state index in [0.29, 0.717) is 18.1 Å². The van der Waals surface area contributed by atoms with Gasteiger partial charge in [-0.05, 0) is 25.3 Å². The van der Waals surface area contributed by atoms with Gasteiger partial charge < -0.3 is 10.6 Å². The van der Waals surface area contributed by atoms with Crippen LogP contribution >= 0.6 is 23.4 Å². The van der Waals surface area contributed by atoms with Gasteiger partial charge >= 0.3 is 0 Å². The Morgan fingerprint density at radius 2 is 2.24 bits per heavy atom. The second-order valence-corrected chi connectivity index (χ2v) is 5.20. The molecule has 0 saturated heterocycles. The summed E-state index contributed by atoms with van der Waals surface area (Å²) in [5.74, 6) is 0.324. The highest BCUT2D eigenvalue weighted by atomic mass is 35.5. The van der Waals surface area contributed by atoms with Gasteiger partial charge in [0.2, 0.25) is 0 Å². The Balaban J connectivity index is 2.38.